The van der Waals surface area contributed by atoms with Crippen molar-refractivity contribution in [1.82, 2.24) is 9.78 Å². The SMILES string of the molecule is COc1ccc(C(=O)O)c(Sc2cnn(C)c2)c1. The third-order valence-electron chi connectivity index (χ3n) is 2.33. The fraction of sp³-hybridized carbons (Fsp3) is 0.167. The Kier molecular flexibility index (Phi) is 3.57. The Labute approximate surface area is 108 Å². The zero-order valence-corrected chi connectivity index (χ0v) is 10.8. The zero-order valence-electron chi connectivity index (χ0n) is 9.95. The molecule has 0 spiro atoms. The maximum Gasteiger partial charge on any atom is 0.336 e. The van der Waals surface area contributed by atoms with Crippen LogP contribution in [0.4, 0.5) is 0 Å². The second-order valence-corrected chi connectivity index (χ2v) is 4.73. The first-order valence-corrected chi connectivity index (χ1v) is 5.99. The minimum atomic E-state index is -0.955. The summed E-state index contributed by atoms with van der Waals surface area (Å²) < 4.78 is 6.77. The summed E-state index contributed by atoms with van der Waals surface area (Å²) in [5, 5.41) is 13.2. The predicted molar refractivity (Wildman–Crippen MR) is 67.3 cm³/mol. The number of carboxylic acids is 1. The van der Waals surface area contributed by atoms with Gasteiger partial charge in [-0.05, 0) is 18.2 Å². The summed E-state index contributed by atoms with van der Waals surface area (Å²) in [5.41, 5.74) is 0.254. The van der Waals surface area contributed by atoms with Gasteiger partial charge in [-0.1, -0.05) is 11.8 Å². The van der Waals surface area contributed by atoms with Gasteiger partial charge in [0.2, 0.25) is 0 Å². The maximum absolute atomic E-state index is 11.1. The molecule has 18 heavy (non-hydrogen) atoms. The first-order valence-electron chi connectivity index (χ1n) is 5.18. The van der Waals surface area contributed by atoms with Crippen molar-refractivity contribution in [2.24, 2.45) is 7.05 Å². The fourth-order valence-electron chi connectivity index (χ4n) is 1.47. The van der Waals surface area contributed by atoms with Crippen LogP contribution in [-0.4, -0.2) is 28.0 Å². The molecule has 0 fully saturated rings. The van der Waals surface area contributed by atoms with Crippen LogP contribution in [0.25, 0.3) is 0 Å². The molecule has 0 aliphatic carbocycles. The van der Waals surface area contributed by atoms with Crippen LogP contribution < -0.4 is 4.74 Å². The van der Waals surface area contributed by atoms with E-state index in [1.165, 1.54) is 11.8 Å². The van der Waals surface area contributed by atoms with E-state index in [1.807, 2.05) is 13.2 Å². The second-order valence-electron chi connectivity index (χ2n) is 3.62. The van der Waals surface area contributed by atoms with Crippen LogP contribution >= 0.6 is 11.8 Å². The van der Waals surface area contributed by atoms with Crippen molar-refractivity contribution in [1.29, 1.82) is 0 Å². The number of benzene rings is 1. The van der Waals surface area contributed by atoms with Crippen LogP contribution in [0.3, 0.4) is 0 Å². The first kappa shape index (κ1) is 12.5. The molecule has 1 heterocycles. The largest absolute Gasteiger partial charge is 0.497 e. The van der Waals surface area contributed by atoms with Gasteiger partial charge in [0, 0.05) is 18.1 Å². The molecular formula is C12H12N2O3S. The number of rotatable bonds is 4. The summed E-state index contributed by atoms with van der Waals surface area (Å²) in [5.74, 6) is -0.324. The predicted octanol–water partition coefficient (Wildman–Crippen LogP) is 2.28. The number of carboxylic acid groups (broad SMARTS) is 1. The van der Waals surface area contributed by atoms with Crippen LogP contribution in [-0.2, 0) is 7.05 Å². The van der Waals surface area contributed by atoms with Gasteiger partial charge in [0.05, 0.1) is 23.8 Å². The monoisotopic (exact) mass is 264 g/mol. The summed E-state index contributed by atoms with van der Waals surface area (Å²) in [6.07, 6.45) is 3.52. The van der Waals surface area contributed by atoms with Gasteiger partial charge in [0.1, 0.15) is 5.75 Å². The number of aromatic carboxylic acids is 1. The van der Waals surface area contributed by atoms with Gasteiger partial charge in [-0.3, -0.25) is 4.68 Å². The summed E-state index contributed by atoms with van der Waals surface area (Å²) in [6, 6.07) is 4.89. The van der Waals surface area contributed by atoms with E-state index in [-0.39, 0.29) is 5.56 Å². The van der Waals surface area contributed by atoms with E-state index >= 15 is 0 Å². The van der Waals surface area contributed by atoms with E-state index in [2.05, 4.69) is 5.10 Å². The third kappa shape index (κ3) is 2.65. The standard InChI is InChI=1S/C12H12N2O3S/c1-14-7-9(6-13-14)18-11-5-8(17-2)3-4-10(11)12(15)16/h3-7H,1-2H3,(H,15,16). The molecule has 2 rings (SSSR count). The number of ether oxygens (including phenoxy) is 1. The van der Waals surface area contributed by atoms with Crippen LogP contribution in [0.5, 0.6) is 5.75 Å². The number of hydrogen-bond donors (Lipinski definition) is 1. The Morgan fingerprint density at radius 2 is 2.28 bits per heavy atom. The smallest absolute Gasteiger partial charge is 0.336 e. The lowest BCUT2D eigenvalue weighted by atomic mass is 10.2. The Hall–Kier alpha value is -1.95. The average Bonchev–Trinajstić information content (AvgIpc) is 2.74. The van der Waals surface area contributed by atoms with E-state index in [0.29, 0.717) is 10.6 Å². The molecule has 0 atom stereocenters. The van der Waals surface area contributed by atoms with E-state index in [4.69, 9.17) is 9.84 Å². The molecule has 0 bridgehead atoms. The number of aryl methyl sites for hydroxylation is 1. The van der Waals surface area contributed by atoms with E-state index in [1.54, 1.807) is 36.2 Å². The Balaban J connectivity index is 2.37. The van der Waals surface area contributed by atoms with Crippen LogP contribution in [0.1, 0.15) is 10.4 Å². The van der Waals surface area contributed by atoms with Crippen molar-refractivity contribution in [3.63, 3.8) is 0 Å². The van der Waals surface area contributed by atoms with Crippen molar-refractivity contribution in [3.05, 3.63) is 36.2 Å². The second kappa shape index (κ2) is 5.14. The molecule has 0 saturated carbocycles. The van der Waals surface area contributed by atoms with Crippen LogP contribution in [0.2, 0.25) is 0 Å². The van der Waals surface area contributed by atoms with Crippen molar-refractivity contribution in [3.8, 4) is 5.75 Å². The molecule has 1 N–H and O–H groups in total. The number of hydrogen-bond acceptors (Lipinski definition) is 4. The lowest BCUT2D eigenvalue weighted by molar-refractivity contribution is 0.0693. The van der Waals surface area contributed by atoms with Crippen molar-refractivity contribution >= 4 is 17.7 Å². The Morgan fingerprint density at radius 3 is 2.83 bits per heavy atom. The lowest BCUT2D eigenvalue weighted by Gasteiger charge is -2.06. The van der Waals surface area contributed by atoms with Crippen molar-refractivity contribution in [2.75, 3.05) is 7.11 Å². The minimum Gasteiger partial charge on any atom is -0.497 e. The van der Waals surface area contributed by atoms with Gasteiger partial charge in [-0.25, -0.2) is 4.79 Å². The molecule has 1 aromatic heterocycles. The maximum atomic E-state index is 11.1. The molecule has 1 aromatic carbocycles. The van der Waals surface area contributed by atoms with E-state index < -0.39 is 5.97 Å². The van der Waals surface area contributed by atoms with E-state index in [0.717, 1.165) is 4.90 Å². The number of carbonyl (C=O) groups is 1. The summed E-state index contributed by atoms with van der Waals surface area (Å²) in [6.45, 7) is 0. The molecule has 94 valence electrons. The van der Waals surface area contributed by atoms with E-state index in [9.17, 15) is 4.79 Å². The molecule has 0 aliphatic heterocycles. The average molecular weight is 264 g/mol. The molecule has 0 aliphatic rings. The molecular weight excluding hydrogens is 252 g/mol. The highest BCUT2D eigenvalue weighted by atomic mass is 32.2. The highest BCUT2D eigenvalue weighted by molar-refractivity contribution is 7.99. The Morgan fingerprint density at radius 1 is 1.50 bits per heavy atom. The van der Waals surface area contributed by atoms with Gasteiger partial charge in [-0.15, -0.1) is 0 Å². The van der Waals surface area contributed by atoms with Crippen LogP contribution in [0.15, 0.2) is 40.4 Å². The molecule has 0 radical (unpaired) electrons. The third-order valence-corrected chi connectivity index (χ3v) is 3.33. The van der Waals surface area contributed by atoms with Crippen molar-refractivity contribution in [2.45, 2.75) is 9.79 Å². The molecule has 6 heteroatoms. The lowest BCUT2D eigenvalue weighted by Crippen LogP contribution is -1.99. The summed E-state index contributed by atoms with van der Waals surface area (Å²) in [4.78, 5) is 12.7. The number of nitrogens with zero attached hydrogens (tertiary/aromatic N) is 2. The van der Waals surface area contributed by atoms with Gasteiger partial charge in [0.15, 0.2) is 0 Å². The zero-order chi connectivity index (χ0) is 13.1. The van der Waals surface area contributed by atoms with Gasteiger partial charge in [-0.2, -0.15) is 5.10 Å². The summed E-state index contributed by atoms with van der Waals surface area (Å²) >= 11 is 1.35. The minimum absolute atomic E-state index is 0.254. The van der Waals surface area contributed by atoms with Gasteiger partial charge < -0.3 is 9.84 Å². The topological polar surface area (TPSA) is 64.3 Å². The Bertz CT molecular complexity index is 580. The normalized spacial score (nSPS) is 10.3. The highest BCUT2D eigenvalue weighted by Crippen LogP contribution is 2.32. The number of methoxy groups -OCH3 is 1. The summed E-state index contributed by atoms with van der Waals surface area (Å²) in [7, 11) is 3.36. The number of aromatic nitrogens is 2. The molecule has 0 amide bonds. The van der Waals surface area contributed by atoms with Gasteiger partial charge >= 0.3 is 5.97 Å². The first-order chi connectivity index (χ1) is 8.60. The molecule has 0 saturated heterocycles. The quantitative estimate of drug-likeness (QED) is 0.917. The van der Waals surface area contributed by atoms with Crippen molar-refractivity contribution < 1.29 is 14.6 Å². The highest BCUT2D eigenvalue weighted by Gasteiger charge is 2.13. The fourth-order valence-corrected chi connectivity index (χ4v) is 2.47. The molecule has 5 nitrogen and oxygen atoms in total. The molecule has 2 aromatic rings. The van der Waals surface area contributed by atoms with Gasteiger partial charge in [0.25, 0.3) is 0 Å². The molecule has 0 unspecified atom stereocenters. The van der Waals surface area contributed by atoms with Crippen LogP contribution in [0, 0.1) is 0 Å².